The molecule has 0 bridgehead atoms. The Kier molecular flexibility index (Phi) is 5.96. The van der Waals surface area contributed by atoms with Crippen LogP contribution in [-0.2, 0) is 13.1 Å². The molecular weight excluding hydrogens is 466 g/mol. The maximum absolute atomic E-state index is 13.8. The van der Waals surface area contributed by atoms with Gasteiger partial charge in [-0.05, 0) is 30.7 Å². The van der Waals surface area contributed by atoms with Gasteiger partial charge in [-0.3, -0.25) is 14.3 Å². The van der Waals surface area contributed by atoms with Gasteiger partial charge < -0.3 is 9.30 Å². The molecule has 0 unspecified atom stereocenters. The lowest BCUT2D eigenvalue weighted by atomic mass is 10.2. The summed E-state index contributed by atoms with van der Waals surface area (Å²) in [5.74, 6) is 0.759. The Morgan fingerprint density at radius 3 is 2.51 bits per heavy atom. The minimum Gasteiger partial charge on any atom is -0.481 e. The highest BCUT2D eigenvalue weighted by Crippen LogP contribution is 2.22. The number of rotatable bonds is 6. The third-order valence-corrected chi connectivity index (χ3v) is 6.20. The number of nitrogens with zero attached hydrogens (tertiary/aromatic N) is 5. The van der Waals surface area contributed by atoms with E-state index in [4.69, 9.17) is 16.3 Å². The topological polar surface area (TPSA) is 83.9 Å². The molecule has 8 nitrogen and oxygen atoms in total. The van der Waals surface area contributed by atoms with Gasteiger partial charge >= 0.3 is 0 Å². The zero-order valence-corrected chi connectivity index (χ0v) is 19.9. The van der Waals surface area contributed by atoms with Crippen molar-refractivity contribution in [3.63, 3.8) is 0 Å². The Morgan fingerprint density at radius 1 is 0.971 bits per heavy atom. The van der Waals surface area contributed by atoms with Crippen LogP contribution in [0.2, 0.25) is 5.02 Å². The second-order valence-corrected chi connectivity index (χ2v) is 8.46. The monoisotopic (exact) mass is 487 g/mol. The molecule has 4 heterocycles. The first kappa shape index (κ1) is 22.6. The van der Waals surface area contributed by atoms with E-state index in [2.05, 4.69) is 9.97 Å². The highest BCUT2D eigenvalue weighted by molar-refractivity contribution is 6.32. The minimum atomic E-state index is -0.304. The van der Waals surface area contributed by atoms with Gasteiger partial charge in [0, 0.05) is 24.0 Å². The smallest absolute Gasteiger partial charge is 0.282 e. The number of ether oxygens (including phenoxy) is 1. The fourth-order valence-corrected chi connectivity index (χ4v) is 4.42. The summed E-state index contributed by atoms with van der Waals surface area (Å²) in [4.78, 5) is 35.9. The lowest BCUT2D eigenvalue weighted by Crippen LogP contribution is -2.24. The number of benzene rings is 1. The molecule has 5 aromatic rings. The van der Waals surface area contributed by atoms with Crippen molar-refractivity contribution in [1.29, 1.82) is 0 Å². The maximum atomic E-state index is 13.8. The van der Waals surface area contributed by atoms with Crippen molar-refractivity contribution in [1.82, 2.24) is 23.9 Å². The van der Waals surface area contributed by atoms with Crippen LogP contribution in [0.15, 0.2) is 82.5 Å². The summed E-state index contributed by atoms with van der Waals surface area (Å²) in [7, 11) is 1.54. The number of pyridine rings is 3. The Balaban J connectivity index is 1.76. The van der Waals surface area contributed by atoms with E-state index in [0.717, 1.165) is 5.56 Å². The largest absolute Gasteiger partial charge is 0.481 e. The molecule has 176 valence electrons. The summed E-state index contributed by atoms with van der Waals surface area (Å²) in [6, 6.07) is 19.9. The predicted molar refractivity (Wildman–Crippen MR) is 135 cm³/mol. The Bertz CT molecular complexity index is 1650. The third kappa shape index (κ3) is 4.13. The molecule has 1 aromatic carbocycles. The SMILES string of the molecule is COc1cccc(Cn2c(C)c3c(=O)n(-c4ncccc4Cl)n(Cc4ccccc4)c3cc2=O)n1. The highest BCUT2D eigenvalue weighted by atomic mass is 35.5. The van der Waals surface area contributed by atoms with Crippen LogP contribution in [0, 0.1) is 6.92 Å². The van der Waals surface area contributed by atoms with Crippen LogP contribution in [0.4, 0.5) is 0 Å². The predicted octanol–water partition coefficient (Wildman–Crippen LogP) is 3.81. The maximum Gasteiger partial charge on any atom is 0.282 e. The van der Waals surface area contributed by atoms with E-state index in [0.29, 0.717) is 45.6 Å². The first-order valence-electron chi connectivity index (χ1n) is 11.0. The number of halogens is 1. The molecule has 5 rings (SSSR count). The Morgan fingerprint density at radius 2 is 1.77 bits per heavy atom. The summed E-state index contributed by atoms with van der Waals surface area (Å²) in [5.41, 5.74) is 2.11. The van der Waals surface area contributed by atoms with Gasteiger partial charge in [-0.2, -0.15) is 4.68 Å². The standard InChI is InChI=1S/C26H22ClN5O3/c1-17-24-21(14-23(33)30(17)16-19-10-6-12-22(29-19)35-2)31(15-18-8-4-3-5-9-18)32(26(24)34)25-20(27)11-7-13-28-25/h3-14H,15-16H2,1-2H3. The number of hydrogen-bond acceptors (Lipinski definition) is 5. The summed E-state index contributed by atoms with van der Waals surface area (Å²) in [5, 5.41) is 0.755. The van der Waals surface area contributed by atoms with Gasteiger partial charge in [-0.1, -0.05) is 48.0 Å². The number of hydrogen-bond donors (Lipinski definition) is 0. The van der Waals surface area contributed by atoms with Crippen LogP contribution in [-0.4, -0.2) is 31.0 Å². The minimum absolute atomic E-state index is 0.200. The number of aryl methyl sites for hydroxylation is 1. The lowest BCUT2D eigenvalue weighted by molar-refractivity contribution is 0.395. The molecule has 0 saturated carbocycles. The molecule has 9 heteroatoms. The average molecular weight is 488 g/mol. The van der Waals surface area contributed by atoms with E-state index in [1.54, 1.807) is 40.6 Å². The van der Waals surface area contributed by atoms with Crippen LogP contribution in [0.1, 0.15) is 17.0 Å². The van der Waals surface area contributed by atoms with Crippen molar-refractivity contribution < 1.29 is 4.74 Å². The van der Waals surface area contributed by atoms with E-state index < -0.39 is 0 Å². The average Bonchev–Trinajstić information content (AvgIpc) is 3.13. The second-order valence-electron chi connectivity index (χ2n) is 8.05. The van der Waals surface area contributed by atoms with Gasteiger partial charge in [-0.15, -0.1) is 0 Å². The fraction of sp³-hybridized carbons (Fsp3) is 0.154. The lowest BCUT2D eigenvalue weighted by Gasteiger charge is -2.14. The number of methoxy groups -OCH3 is 1. The fourth-order valence-electron chi connectivity index (χ4n) is 4.22. The van der Waals surface area contributed by atoms with E-state index in [9.17, 15) is 9.59 Å². The van der Waals surface area contributed by atoms with Gasteiger partial charge in [0.1, 0.15) is 0 Å². The van der Waals surface area contributed by atoms with E-state index in [1.165, 1.54) is 17.9 Å². The van der Waals surface area contributed by atoms with Crippen LogP contribution >= 0.6 is 11.6 Å². The van der Waals surface area contributed by atoms with Crippen LogP contribution in [0.5, 0.6) is 5.88 Å². The Labute approximate surface area is 205 Å². The zero-order chi connectivity index (χ0) is 24.5. The quantitative estimate of drug-likeness (QED) is 0.363. The van der Waals surface area contributed by atoms with Crippen molar-refractivity contribution in [2.24, 2.45) is 0 Å². The molecule has 0 N–H and O–H groups in total. The number of aromatic nitrogens is 5. The van der Waals surface area contributed by atoms with Crippen molar-refractivity contribution in [3.8, 4) is 11.7 Å². The molecule has 4 aromatic heterocycles. The summed E-state index contributed by atoms with van der Waals surface area (Å²) in [6.07, 6.45) is 1.58. The van der Waals surface area contributed by atoms with Gasteiger partial charge in [0.25, 0.3) is 11.1 Å². The van der Waals surface area contributed by atoms with Gasteiger partial charge in [-0.25, -0.2) is 9.97 Å². The van der Waals surface area contributed by atoms with E-state index >= 15 is 0 Å². The molecule has 0 aliphatic heterocycles. The molecule has 0 fully saturated rings. The molecule has 0 radical (unpaired) electrons. The van der Waals surface area contributed by atoms with Crippen molar-refractivity contribution in [2.75, 3.05) is 7.11 Å². The molecule has 0 aliphatic carbocycles. The first-order chi connectivity index (χ1) is 17.0. The summed E-state index contributed by atoms with van der Waals surface area (Å²) in [6.45, 7) is 2.32. The third-order valence-electron chi connectivity index (χ3n) is 5.90. The van der Waals surface area contributed by atoms with Crippen molar-refractivity contribution in [3.05, 3.63) is 116 Å². The van der Waals surface area contributed by atoms with E-state index in [1.807, 2.05) is 42.5 Å². The molecule has 0 aliphatic rings. The molecule has 0 atom stereocenters. The van der Waals surface area contributed by atoms with Crippen molar-refractivity contribution in [2.45, 2.75) is 20.0 Å². The summed E-state index contributed by atoms with van der Waals surface area (Å²) >= 11 is 6.45. The van der Waals surface area contributed by atoms with Gasteiger partial charge in [0.2, 0.25) is 5.88 Å². The first-order valence-corrected chi connectivity index (χ1v) is 11.4. The molecule has 35 heavy (non-hydrogen) atoms. The molecule has 0 spiro atoms. The van der Waals surface area contributed by atoms with Crippen LogP contribution in [0.25, 0.3) is 16.7 Å². The normalized spacial score (nSPS) is 11.2. The van der Waals surface area contributed by atoms with Crippen LogP contribution in [0.3, 0.4) is 0 Å². The van der Waals surface area contributed by atoms with E-state index in [-0.39, 0.29) is 17.7 Å². The number of fused-ring (bicyclic) bond motifs is 1. The van der Waals surface area contributed by atoms with Gasteiger partial charge in [0.05, 0.1) is 41.8 Å². The Hall–Kier alpha value is -4.17. The van der Waals surface area contributed by atoms with Crippen molar-refractivity contribution >= 4 is 22.5 Å². The summed E-state index contributed by atoms with van der Waals surface area (Å²) < 4.78 is 9.95. The zero-order valence-electron chi connectivity index (χ0n) is 19.2. The molecular formula is C26H22ClN5O3. The van der Waals surface area contributed by atoms with Crippen LogP contribution < -0.4 is 15.9 Å². The molecule has 0 amide bonds. The highest BCUT2D eigenvalue weighted by Gasteiger charge is 2.22. The second kappa shape index (κ2) is 9.23. The van der Waals surface area contributed by atoms with Gasteiger partial charge in [0.15, 0.2) is 5.82 Å². The molecule has 0 saturated heterocycles.